The minimum atomic E-state index is -3.29. The molecule has 6 heteroatoms. The molecule has 1 amide bonds. The third-order valence-corrected chi connectivity index (χ3v) is 6.37. The third kappa shape index (κ3) is 4.80. The number of nitrogens with zero attached hydrogens (tertiary/aromatic N) is 1. The van der Waals surface area contributed by atoms with Gasteiger partial charge in [-0.3, -0.25) is 4.79 Å². The Bertz CT molecular complexity index is 643. The quantitative estimate of drug-likeness (QED) is 0.818. The second kappa shape index (κ2) is 8.12. The van der Waals surface area contributed by atoms with Crippen molar-refractivity contribution in [2.24, 2.45) is 5.92 Å². The molecule has 1 heterocycles. The minimum Gasteiger partial charge on any atom is -0.352 e. The van der Waals surface area contributed by atoms with Crippen LogP contribution < -0.4 is 5.32 Å². The molecule has 2 rings (SSSR count). The topological polar surface area (TPSA) is 66.5 Å². The first-order valence-corrected chi connectivity index (χ1v) is 10.3. The highest BCUT2D eigenvalue weighted by molar-refractivity contribution is 7.89. The molecule has 0 bridgehead atoms. The van der Waals surface area contributed by atoms with Crippen molar-refractivity contribution in [3.05, 3.63) is 35.9 Å². The van der Waals surface area contributed by atoms with E-state index in [0.717, 1.165) is 12.8 Å². The zero-order chi connectivity index (χ0) is 17.7. The summed E-state index contributed by atoms with van der Waals surface area (Å²) in [5.74, 6) is -0.0946. The van der Waals surface area contributed by atoms with Gasteiger partial charge < -0.3 is 5.32 Å². The van der Waals surface area contributed by atoms with Gasteiger partial charge in [0, 0.05) is 12.6 Å². The summed E-state index contributed by atoms with van der Waals surface area (Å²) >= 11 is 0. The van der Waals surface area contributed by atoms with E-state index in [4.69, 9.17) is 0 Å². The summed E-state index contributed by atoms with van der Waals surface area (Å²) in [4.78, 5) is 12.7. The Balaban J connectivity index is 1.95. The van der Waals surface area contributed by atoms with E-state index in [-0.39, 0.29) is 23.6 Å². The van der Waals surface area contributed by atoms with Crippen LogP contribution in [0.15, 0.2) is 30.3 Å². The number of carbonyl (C=O) groups excluding carboxylic acids is 1. The maximum Gasteiger partial charge on any atom is 0.238 e. The zero-order valence-electron chi connectivity index (χ0n) is 14.7. The molecule has 0 radical (unpaired) electrons. The van der Waals surface area contributed by atoms with Crippen molar-refractivity contribution in [1.82, 2.24) is 9.62 Å². The van der Waals surface area contributed by atoms with E-state index in [0.29, 0.717) is 13.0 Å². The molecule has 0 spiro atoms. The number of nitrogens with one attached hydrogen (secondary N) is 1. The lowest BCUT2D eigenvalue weighted by Crippen LogP contribution is -2.52. The molecule has 5 nitrogen and oxygen atoms in total. The number of hydrogen-bond acceptors (Lipinski definition) is 3. The smallest absolute Gasteiger partial charge is 0.238 e. The van der Waals surface area contributed by atoms with Gasteiger partial charge in [-0.05, 0) is 37.7 Å². The normalized spacial score (nSPS) is 20.0. The Hall–Kier alpha value is -1.40. The van der Waals surface area contributed by atoms with Crippen LogP contribution in [-0.4, -0.2) is 43.0 Å². The Morgan fingerprint density at radius 1 is 1.21 bits per heavy atom. The lowest BCUT2D eigenvalue weighted by Gasteiger charge is -2.29. The van der Waals surface area contributed by atoms with E-state index in [1.807, 2.05) is 39.0 Å². The van der Waals surface area contributed by atoms with E-state index in [9.17, 15) is 13.2 Å². The van der Waals surface area contributed by atoms with Gasteiger partial charge in [0.1, 0.15) is 6.04 Å². The monoisotopic (exact) mass is 352 g/mol. The van der Waals surface area contributed by atoms with Crippen molar-refractivity contribution in [2.45, 2.75) is 52.1 Å². The minimum absolute atomic E-state index is 0.00395. The van der Waals surface area contributed by atoms with Crippen LogP contribution in [0.1, 0.15) is 39.2 Å². The summed E-state index contributed by atoms with van der Waals surface area (Å²) in [5.41, 5.74) is 1.24. The van der Waals surface area contributed by atoms with Gasteiger partial charge in [0.05, 0.1) is 5.75 Å². The molecular formula is C18H28N2O3S. The number of sulfonamides is 1. The molecule has 24 heavy (non-hydrogen) atoms. The first-order chi connectivity index (χ1) is 11.3. The summed E-state index contributed by atoms with van der Waals surface area (Å²) < 4.78 is 25.7. The predicted octanol–water partition coefficient (Wildman–Crippen LogP) is 2.18. The van der Waals surface area contributed by atoms with Crippen LogP contribution in [0.3, 0.4) is 0 Å². The number of aryl methyl sites for hydroxylation is 1. The fraction of sp³-hybridized carbons (Fsp3) is 0.611. The molecule has 1 aliphatic rings. The maximum atomic E-state index is 12.7. The first kappa shape index (κ1) is 18.9. The molecule has 134 valence electrons. The number of carbonyl (C=O) groups is 1. The molecule has 0 saturated carbocycles. The summed E-state index contributed by atoms with van der Waals surface area (Å²) in [5, 5.41) is 3.00. The largest absolute Gasteiger partial charge is 0.352 e. The van der Waals surface area contributed by atoms with E-state index in [1.165, 1.54) is 9.87 Å². The molecule has 1 aliphatic heterocycles. The summed E-state index contributed by atoms with van der Waals surface area (Å²) in [7, 11) is -3.29. The molecule has 2 atom stereocenters. The number of rotatable bonds is 7. The Morgan fingerprint density at radius 2 is 1.88 bits per heavy atom. The van der Waals surface area contributed by atoms with Crippen molar-refractivity contribution in [3.8, 4) is 0 Å². The number of hydrogen-bond donors (Lipinski definition) is 1. The van der Waals surface area contributed by atoms with Crippen molar-refractivity contribution in [3.63, 3.8) is 0 Å². The molecule has 1 aromatic rings. The molecule has 1 fully saturated rings. The Labute approximate surface area is 145 Å². The van der Waals surface area contributed by atoms with E-state index >= 15 is 0 Å². The highest BCUT2D eigenvalue weighted by Gasteiger charge is 2.40. The number of benzene rings is 1. The Kier molecular flexibility index (Phi) is 6.40. The predicted molar refractivity (Wildman–Crippen MR) is 96.1 cm³/mol. The average molecular weight is 353 g/mol. The SMILES string of the molecule is CC(C)[C@H](C(=O)N[C@H](C)CCc1ccccc1)N1CCCS1(=O)=O. The van der Waals surface area contributed by atoms with E-state index < -0.39 is 16.1 Å². The van der Waals surface area contributed by atoms with Gasteiger partial charge >= 0.3 is 0 Å². The van der Waals surface area contributed by atoms with Crippen LogP contribution >= 0.6 is 0 Å². The van der Waals surface area contributed by atoms with Crippen LogP contribution in [0, 0.1) is 5.92 Å². The van der Waals surface area contributed by atoms with Crippen molar-refractivity contribution < 1.29 is 13.2 Å². The lowest BCUT2D eigenvalue weighted by molar-refractivity contribution is -0.126. The van der Waals surface area contributed by atoms with Crippen molar-refractivity contribution in [1.29, 1.82) is 0 Å². The van der Waals surface area contributed by atoms with Crippen LogP contribution in [0.4, 0.5) is 0 Å². The van der Waals surface area contributed by atoms with Crippen molar-refractivity contribution >= 4 is 15.9 Å². The molecule has 1 N–H and O–H groups in total. The van der Waals surface area contributed by atoms with Gasteiger partial charge in [-0.15, -0.1) is 0 Å². The molecule has 0 aromatic heterocycles. The van der Waals surface area contributed by atoms with Gasteiger partial charge in [-0.2, -0.15) is 4.31 Å². The second-order valence-corrected chi connectivity index (χ2v) is 8.94. The van der Waals surface area contributed by atoms with Gasteiger partial charge in [-0.1, -0.05) is 44.2 Å². The summed E-state index contributed by atoms with van der Waals surface area (Å²) in [6.07, 6.45) is 2.31. The number of amides is 1. The molecule has 1 aromatic carbocycles. The van der Waals surface area contributed by atoms with Gasteiger partial charge in [0.25, 0.3) is 0 Å². The third-order valence-electron chi connectivity index (χ3n) is 4.45. The van der Waals surface area contributed by atoms with E-state index in [1.54, 1.807) is 0 Å². The molecule has 0 unspecified atom stereocenters. The lowest BCUT2D eigenvalue weighted by atomic mass is 10.0. The summed E-state index contributed by atoms with van der Waals surface area (Å²) in [6.45, 7) is 6.20. The molecular weight excluding hydrogens is 324 g/mol. The highest BCUT2D eigenvalue weighted by Crippen LogP contribution is 2.22. The first-order valence-electron chi connectivity index (χ1n) is 8.65. The van der Waals surface area contributed by atoms with Crippen molar-refractivity contribution in [2.75, 3.05) is 12.3 Å². The van der Waals surface area contributed by atoms with Gasteiger partial charge in [-0.25, -0.2) is 8.42 Å². The fourth-order valence-corrected chi connectivity index (χ4v) is 4.99. The standard InChI is InChI=1S/C18H28N2O3S/c1-14(2)17(20-12-7-13-24(20,22)23)18(21)19-15(3)10-11-16-8-5-4-6-9-16/h4-6,8-9,14-15,17H,7,10-13H2,1-3H3,(H,19,21)/t15-,17-/m1/s1. The zero-order valence-corrected chi connectivity index (χ0v) is 15.6. The van der Waals surface area contributed by atoms with E-state index in [2.05, 4.69) is 17.4 Å². The highest BCUT2D eigenvalue weighted by atomic mass is 32.2. The van der Waals surface area contributed by atoms with Gasteiger partial charge in [0.15, 0.2) is 0 Å². The van der Waals surface area contributed by atoms with Crippen LogP contribution in [-0.2, 0) is 21.2 Å². The average Bonchev–Trinajstić information content (AvgIpc) is 2.85. The second-order valence-electron chi connectivity index (χ2n) is 6.90. The van der Waals surface area contributed by atoms with Gasteiger partial charge in [0.2, 0.25) is 15.9 Å². The molecule has 1 saturated heterocycles. The Morgan fingerprint density at radius 3 is 2.42 bits per heavy atom. The van der Waals surface area contributed by atoms with Crippen LogP contribution in [0.5, 0.6) is 0 Å². The maximum absolute atomic E-state index is 12.7. The van der Waals surface area contributed by atoms with Crippen LogP contribution in [0.25, 0.3) is 0 Å². The van der Waals surface area contributed by atoms with Crippen LogP contribution in [0.2, 0.25) is 0 Å². The summed E-state index contributed by atoms with van der Waals surface area (Å²) in [6, 6.07) is 9.53. The fourth-order valence-electron chi connectivity index (χ4n) is 3.17. The molecule has 0 aliphatic carbocycles.